The number of hydrogen-bond acceptors (Lipinski definition) is 4. The molecular weight excluding hydrogens is 355 g/mol. The van der Waals surface area contributed by atoms with E-state index >= 15 is 0 Å². The Morgan fingerprint density at radius 3 is 2.62 bits per heavy atom. The van der Waals surface area contributed by atoms with Gasteiger partial charge in [-0.1, -0.05) is 17.7 Å². The molecule has 0 saturated heterocycles. The number of hydrogen-bond donors (Lipinski definition) is 2. The highest BCUT2D eigenvalue weighted by Crippen LogP contribution is 2.33. The fourth-order valence-corrected chi connectivity index (χ4v) is 2.85. The van der Waals surface area contributed by atoms with Crippen molar-refractivity contribution < 1.29 is 19.1 Å². The average Bonchev–Trinajstić information content (AvgIpc) is 2.56. The predicted octanol–water partition coefficient (Wildman–Crippen LogP) is 3.15. The van der Waals surface area contributed by atoms with Crippen LogP contribution in [-0.2, 0) is 9.53 Å². The van der Waals surface area contributed by atoms with Gasteiger partial charge < -0.3 is 20.1 Å². The Hall–Kier alpha value is -1.92. The first-order chi connectivity index (χ1) is 11.5. The first-order valence-electron chi connectivity index (χ1n) is 7.47. The van der Waals surface area contributed by atoms with Crippen LogP contribution in [0.3, 0.4) is 0 Å². The molecule has 6 nitrogen and oxygen atoms in total. The van der Waals surface area contributed by atoms with Crippen LogP contribution in [0.15, 0.2) is 29.5 Å². The summed E-state index contributed by atoms with van der Waals surface area (Å²) in [6.45, 7) is 4.25. The molecule has 8 heteroatoms. The lowest BCUT2D eigenvalue weighted by Gasteiger charge is -2.29. The van der Waals surface area contributed by atoms with Crippen molar-refractivity contribution in [1.82, 2.24) is 10.6 Å². The van der Waals surface area contributed by atoms with Crippen LogP contribution in [0.2, 0.25) is 5.02 Å². The zero-order valence-electron chi connectivity index (χ0n) is 13.3. The van der Waals surface area contributed by atoms with Gasteiger partial charge in [0.05, 0.1) is 35.7 Å². The minimum Gasteiger partial charge on any atom is -0.492 e. The number of carbonyl (C=O) groups excluding carboxylic acids is 2. The number of benzene rings is 1. The van der Waals surface area contributed by atoms with E-state index in [4.69, 9.17) is 32.7 Å². The molecule has 1 aliphatic rings. The highest BCUT2D eigenvalue weighted by Gasteiger charge is 2.33. The van der Waals surface area contributed by atoms with Crippen molar-refractivity contribution >= 4 is 35.2 Å². The zero-order chi connectivity index (χ0) is 17.7. The second-order valence-corrected chi connectivity index (χ2v) is 5.58. The molecule has 24 heavy (non-hydrogen) atoms. The lowest BCUT2D eigenvalue weighted by molar-refractivity contribution is -0.139. The Morgan fingerprint density at radius 1 is 1.29 bits per heavy atom. The summed E-state index contributed by atoms with van der Waals surface area (Å²) in [6, 6.07) is 3.92. The van der Waals surface area contributed by atoms with E-state index in [0.29, 0.717) is 28.6 Å². The molecule has 1 aromatic rings. The lowest BCUT2D eigenvalue weighted by Crippen LogP contribution is -2.46. The molecule has 2 N–H and O–H groups in total. The van der Waals surface area contributed by atoms with Crippen LogP contribution in [0.5, 0.6) is 5.75 Å². The van der Waals surface area contributed by atoms with Gasteiger partial charge in [-0.3, -0.25) is 0 Å². The molecule has 0 saturated carbocycles. The largest absolute Gasteiger partial charge is 0.492 e. The number of rotatable bonds is 6. The Balaban J connectivity index is 2.46. The lowest BCUT2D eigenvalue weighted by atomic mass is 9.95. The third kappa shape index (κ3) is 3.94. The number of urea groups is 1. The summed E-state index contributed by atoms with van der Waals surface area (Å²) >= 11 is 12.1. The van der Waals surface area contributed by atoms with Crippen LogP contribution in [0.1, 0.15) is 25.5 Å². The second-order valence-electron chi connectivity index (χ2n) is 4.90. The van der Waals surface area contributed by atoms with Crippen molar-refractivity contribution in [2.75, 3.05) is 19.1 Å². The molecule has 0 aliphatic carbocycles. The molecule has 1 aromatic carbocycles. The van der Waals surface area contributed by atoms with Crippen molar-refractivity contribution in [3.05, 3.63) is 40.1 Å². The molecule has 0 fully saturated rings. The highest BCUT2D eigenvalue weighted by atomic mass is 35.5. The highest BCUT2D eigenvalue weighted by molar-refractivity contribution is 6.32. The summed E-state index contributed by atoms with van der Waals surface area (Å²) in [5.41, 5.74) is 1.20. The van der Waals surface area contributed by atoms with Crippen molar-refractivity contribution in [2.45, 2.75) is 19.9 Å². The van der Waals surface area contributed by atoms with Gasteiger partial charge in [0.25, 0.3) is 0 Å². The average molecular weight is 373 g/mol. The molecule has 1 heterocycles. The van der Waals surface area contributed by atoms with E-state index in [9.17, 15) is 9.59 Å². The number of halogens is 2. The fourth-order valence-electron chi connectivity index (χ4n) is 2.39. The maximum atomic E-state index is 12.3. The van der Waals surface area contributed by atoms with Gasteiger partial charge in [0.2, 0.25) is 0 Å². The first-order valence-corrected chi connectivity index (χ1v) is 8.38. The topological polar surface area (TPSA) is 76.7 Å². The predicted molar refractivity (Wildman–Crippen MR) is 91.4 cm³/mol. The van der Waals surface area contributed by atoms with E-state index in [2.05, 4.69) is 10.6 Å². The number of esters is 1. The maximum Gasteiger partial charge on any atom is 0.338 e. The van der Waals surface area contributed by atoms with Gasteiger partial charge in [0, 0.05) is 5.70 Å². The van der Waals surface area contributed by atoms with Crippen LogP contribution < -0.4 is 15.4 Å². The van der Waals surface area contributed by atoms with E-state index in [1.165, 1.54) is 0 Å². The quantitative estimate of drug-likeness (QED) is 0.593. The molecule has 0 spiro atoms. The molecule has 0 radical (unpaired) electrons. The molecule has 2 amide bonds. The van der Waals surface area contributed by atoms with Crippen molar-refractivity contribution in [3.8, 4) is 5.75 Å². The van der Waals surface area contributed by atoms with Crippen LogP contribution in [0, 0.1) is 0 Å². The van der Waals surface area contributed by atoms with Gasteiger partial charge >= 0.3 is 12.0 Å². The van der Waals surface area contributed by atoms with Gasteiger partial charge in [-0.15, -0.1) is 11.6 Å². The minimum atomic E-state index is -0.709. The third-order valence-electron chi connectivity index (χ3n) is 3.37. The molecular formula is C16H18Cl2N2O4. The Morgan fingerprint density at radius 2 is 2.04 bits per heavy atom. The van der Waals surface area contributed by atoms with E-state index in [1.54, 1.807) is 25.1 Å². The van der Waals surface area contributed by atoms with Crippen LogP contribution in [0.25, 0.3) is 0 Å². The van der Waals surface area contributed by atoms with Crippen LogP contribution in [0.4, 0.5) is 4.79 Å². The molecule has 1 atom stereocenters. The van der Waals surface area contributed by atoms with Gasteiger partial charge in [-0.05, 0) is 31.5 Å². The first kappa shape index (κ1) is 18.4. The smallest absolute Gasteiger partial charge is 0.338 e. The van der Waals surface area contributed by atoms with Gasteiger partial charge in [-0.2, -0.15) is 0 Å². The van der Waals surface area contributed by atoms with E-state index < -0.39 is 18.0 Å². The van der Waals surface area contributed by atoms with E-state index in [0.717, 1.165) is 0 Å². The van der Waals surface area contributed by atoms with E-state index in [1.807, 2.05) is 6.92 Å². The van der Waals surface area contributed by atoms with Crippen LogP contribution >= 0.6 is 23.2 Å². The third-order valence-corrected chi connectivity index (χ3v) is 3.93. The molecule has 130 valence electrons. The molecule has 0 unspecified atom stereocenters. The normalized spacial score (nSPS) is 17.2. The summed E-state index contributed by atoms with van der Waals surface area (Å²) in [5, 5.41) is 5.63. The number of allylic oxidation sites excluding steroid dienone is 1. The number of ether oxygens (including phenoxy) is 2. The van der Waals surface area contributed by atoms with Gasteiger partial charge in [0.15, 0.2) is 0 Å². The summed E-state index contributed by atoms with van der Waals surface area (Å²) in [5.74, 6) is -0.0407. The fraction of sp³-hybridized carbons (Fsp3) is 0.375. The number of carbonyl (C=O) groups is 2. The summed E-state index contributed by atoms with van der Waals surface area (Å²) < 4.78 is 10.5. The number of nitrogens with one attached hydrogen (secondary N) is 2. The summed E-state index contributed by atoms with van der Waals surface area (Å²) in [4.78, 5) is 24.2. The van der Waals surface area contributed by atoms with Crippen molar-refractivity contribution in [1.29, 1.82) is 0 Å². The minimum absolute atomic E-state index is 0.0250. The number of amides is 2. The molecule has 1 aliphatic heterocycles. The van der Waals surface area contributed by atoms with Crippen LogP contribution in [-0.4, -0.2) is 31.1 Å². The standard InChI is InChI=1S/C16H18Cl2N2O4/c1-3-23-12-6-5-9(7-10(12)18)14-13(15(21)24-4-2)11(8-17)19-16(22)20-14/h5-7,14H,3-4,8H2,1-2H3,(H2,19,20,22)/t14-/m0/s1. The SMILES string of the molecule is CCOC(=O)C1=C(CCl)NC(=O)N[C@H]1c1ccc(OCC)c(Cl)c1. The maximum absolute atomic E-state index is 12.3. The zero-order valence-corrected chi connectivity index (χ0v) is 14.8. The Kier molecular flexibility index (Phi) is 6.34. The Bertz CT molecular complexity index is 676. The summed E-state index contributed by atoms with van der Waals surface area (Å²) in [7, 11) is 0. The molecule has 0 bridgehead atoms. The monoisotopic (exact) mass is 372 g/mol. The second kappa shape index (κ2) is 8.26. The van der Waals surface area contributed by atoms with E-state index in [-0.39, 0.29) is 18.1 Å². The summed E-state index contributed by atoms with van der Waals surface area (Å²) in [6.07, 6.45) is 0. The van der Waals surface area contributed by atoms with Gasteiger partial charge in [-0.25, -0.2) is 9.59 Å². The molecule has 2 rings (SSSR count). The number of alkyl halides is 1. The molecule has 0 aromatic heterocycles. The van der Waals surface area contributed by atoms with Crippen molar-refractivity contribution in [3.63, 3.8) is 0 Å². The van der Waals surface area contributed by atoms with Crippen molar-refractivity contribution in [2.24, 2.45) is 0 Å². The van der Waals surface area contributed by atoms with Gasteiger partial charge in [0.1, 0.15) is 5.75 Å². The Labute approximate surface area is 150 Å².